The molecule has 5 rings (SSSR count). The topological polar surface area (TPSA) is 88.4 Å². The first-order valence-corrected chi connectivity index (χ1v) is 16.1. The molecule has 0 radical (unpaired) electrons. The van der Waals surface area contributed by atoms with Crippen molar-refractivity contribution < 1.29 is 23.7 Å². The van der Waals surface area contributed by atoms with Crippen LogP contribution in [-0.2, 0) is 16.1 Å². The number of carbonyl (C=O) groups excluding carboxylic acids is 1. The number of hydrogen-bond donors (Lipinski definition) is 0. The Bertz CT molecular complexity index is 1970. The van der Waals surface area contributed by atoms with Gasteiger partial charge in [0.15, 0.2) is 16.3 Å². The Kier molecular flexibility index (Phi) is 10.0. The fraction of sp³-hybridized carbons (Fsp3) is 0.219. The van der Waals surface area contributed by atoms with Crippen LogP contribution in [0.4, 0.5) is 0 Å². The summed E-state index contributed by atoms with van der Waals surface area (Å²) in [5.41, 5.74) is 2.62. The van der Waals surface area contributed by atoms with Gasteiger partial charge in [-0.2, -0.15) is 0 Å². The van der Waals surface area contributed by atoms with Crippen molar-refractivity contribution in [2.24, 2.45) is 4.99 Å². The number of nitrogens with zero attached hydrogens (tertiary/aromatic N) is 2. The van der Waals surface area contributed by atoms with Gasteiger partial charge in [-0.1, -0.05) is 58.8 Å². The maximum atomic E-state index is 14.0. The standard InChI is InChI=1S/C32H27Cl2IN2O6S/c1-5-42-31(39)27-17(2)36-32-37(28(27)21-8-6-7-9-24(21)40-3)30(38)26(44-32)14-18-12-23(35)29(25(13-18)41-4)43-16-19-10-11-20(33)15-22(19)34/h6-15,28H,5,16H2,1-4H3/b26-14+/t28-/m0/s1. The number of aromatic nitrogens is 1. The third-order valence-corrected chi connectivity index (χ3v) is 9.26. The molecule has 8 nitrogen and oxygen atoms in total. The van der Waals surface area contributed by atoms with Gasteiger partial charge in [0.1, 0.15) is 18.4 Å². The van der Waals surface area contributed by atoms with Crippen LogP contribution in [-0.4, -0.2) is 31.4 Å². The third kappa shape index (κ3) is 6.39. The van der Waals surface area contributed by atoms with Crippen LogP contribution in [0.1, 0.15) is 36.6 Å². The Balaban J connectivity index is 1.59. The van der Waals surface area contributed by atoms with Gasteiger partial charge in [-0.25, -0.2) is 9.79 Å². The summed E-state index contributed by atoms with van der Waals surface area (Å²) in [4.78, 5) is 32.3. The minimum absolute atomic E-state index is 0.186. The number of methoxy groups -OCH3 is 2. The van der Waals surface area contributed by atoms with E-state index in [-0.39, 0.29) is 24.3 Å². The highest BCUT2D eigenvalue weighted by molar-refractivity contribution is 14.1. The van der Waals surface area contributed by atoms with Gasteiger partial charge in [-0.15, -0.1) is 0 Å². The van der Waals surface area contributed by atoms with Crippen LogP contribution >= 0.6 is 57.1 Å². The van der Waals surface area contributed by atoms with Crippen LogP contribution in [0.5, 0.6) is 17.2 Å². The van der Waals surface area contributed by atoms with Crippen molar-refractivity contribution in [1.29, 1.82) is 0 Å². The van der Waals surface area contributed by atoms with Crippen molar-refractivity contribution in [2.75, 3.05) is 20.8 Å². The summed E-state index contributed by atoms with van der Waals surface area (Å²) in [5, 5.41) is 1.05. The molecule has 12 heteroatoms. The van der Waals surface area contributed by atoms with Gasteiger partial charge in [0.05, 0.1) is 40.2 Å². The molecule has 1 aliphatic heterocycles. The zero-order chi connectivity index (χ0) is 31.5. The van der Waals surface area contributed by atoms with Crippen molar-refractivity contribution in [3.05, 3.63) is 116 Å². The lowest BCUT2D eigenvalue weighted by Gasteiger charge is -2.25. The van der Waals surface area contributed by atoms with Crippen LogP contribution in [0.2, 0.25) is 10.0 Å². The number of halogens is 3. The first-order chi connectivity index (χ1) is 21.2. The molecule has 3 aromatic carbocycles. The second-order valence-corrected chi connectivity index (χ2v) is 12.6. The summed E-state index contributed by atoms with van der Waals surface area (Å²) in [7, 11) is 3.10. The van der Waals surface area contributed by atoms with E-state index in [2.05, 4.69) is 27.6 Å². The summed E-state index contributed by atoms with van der Waals surface area (Å²) in [6.45, 7) is 3.88. The summed E-state index contributed by atoms with van der Waals surface area (Å²) in [6, 6.07) is 15.4. The van der Waals surface area contributed by atoms with E-state index in [0.29, 0.717) is 47.9 Å². The zero-order valence-electron chi connectivity index (χ0n) is 24.2. The number of para-hydroxylation sites is 1. The molecule has 4 aromatic rings. The molecule has 0 aliphatic carbocycles. The van der Waals surface area contributed by atoms with E-state index in [9.17, 15) is 9.59 Å². The van der Waals surface area contributed by atoms with Crippen LogP contribution in [0.15, 0.2) is 75.7 Å². The normalized spacial score (nSPS) is 14.6. The minimum atomic E-state index is -0.784. The molecule has 228 valence electrons. The Morgan fingerprint density at radius 2 is 1.84 bits per heavy atom. The van der Waals surface area contributed by atoms with Gasteiger partial charge in [-0.05, 0) is 78.4 Å². The lowest BCUT2D eigenvalue weighted by Crippen LogP contribution is -2.40. The second-order valence-electron chi connectivity index (χ2n) is 9.60. The highest BCUT2D eigenvalue weighted by atomic mass is 127. The fourth-order valence-corrected chi connectivity index (χ4v) is 7.17. The maximum Gasteiger partial charge on any atom is 0.338 e. The van der Waals surface area contributed by atoms with Crippen molar-refractivity contribution in [3.8, 4) is 17.2 Å². The molecule has 0 bridgehead atoms. The summed E-state index contributed by atoms with van der Waals surface area (Å²) < 4.78 is 25.5. The van der Waals surface area contributed by atoms with Gasteiger partial charge in [-0.3, -0.25) is 9.36 Å². The molecule has 0 saturated heterocycles. The zero-order valence-corrected chi connectivity index (χ0v) is 28.6. The summed E-state index contributed by atoms with van der Waals surface area (Å²) >= 11 is 15.7. The van der Waals surface area contributed by atoms with Gasteiger partial charge < -0.3 is 18.9 Å². The van der Waals surface area contributed by atoms with E-state index < -0.39 is 12.0 Å². The number of fused-ring (bicyclic) bond motifs is 1. The molecule has 0 fully saturated rings. The Morgan fingerprint density at radius 1 is 1.09 bits per heavy atom. The van der Waals surface area contributed by atoms with Gasteiger partial charge in [0.2, 0.25) is 0 Å². The molecule has 1 aliphatic rings. The minimum Gasteiger partial charge on any atom is -0.496 e. The Hall–Kier alpha value is -3.32. The van der Waals surface area contributed by atoms with Gasteiger partial charge >= 0.3 is 5.97 Å². The van der Waals surface area contributed by atoms with E-state index in [1.807, 2.05) is 30.3 Å². The average Bonchev–Trinajstić information content (AvgIpc) is 3.30. The summed E-state index contributed by atoms with van der Waals surface area (Å²) in [5.74, 6) is 1.05. The highest BCUT2D eigenvalue weighted by Gasteiger charge is 2.35. The van der Waals surface area contributed by atoms with Crippen LogP contribution in [0.3, 0.4) is 0 Å². The van der Waals surface area contributed by atoms with E-state index in [4.69, 9.17) is 42.1 Å². The smallest absolute Gasteiger partial charge is 0.338 e. The molecule has 1 aromatic heterocycles. The number of carbonyl (C=O) groups is 1. The lowest BCUT2D eigenvalue weighted by atomic mass is 9.95. The van der Waals surface area contributed by atoms with Crippen molar-refractivity contribution in [1.82, 2.24) is 4.57 Å². The highest BCUT2D eigenvalue weighted by Crippen LogP contribution is 2.37. The number of hydrogen-bond acceptors (Lipinski definition) is 8. The predicted molar refractivity (Wildman–Crippen MR) is 180 cm³/mol. The van der Waals surface area contributed by atoms with Crippen LogP contribution < -0.4 is 29.1 Å². The monoisotopic (exact) mass is 764 g/mol. The van der Waals surface area contributed by atoms with Crippen molar-refractivity contribution in [3.63, 3.8) is 0 Å². The van der Waals surface area contributed by atoms with E-state index in [1.165, 1.54) is 15.9 Å². The first kappa shape index (κ1) is 32.1. The molecule has 1 atom stereocenters. The first-order valence-electron chi connectivity index (χ1n) is 13.4. The quantitative estimate of drug-likeness (QED) is 0.147. The molecule has 0 N–H and O–H groups in total. The Morgan fingerprint density at radius 3 is 2.55 bits per heavy atom. The number of benzene rings is 3. The molecule has 0 saturated carbocycles. The number of allylic oxidation sites excluding steroid dienone is 1. The van der Waals surface area contributed by atoms with Crippen LogP contribution in [0.25, 0.3) is 6.08 Å². The fourth-order valence-electron chi connectivity index (χ4n) is 4.88. The molecular formula is C32H27Cl2IN2O6S. The molecule has 0 spiro atoms. The van der Waals surface area contributed by atoms with Gasteiger partial charge in [0.25, 0.3) is 5.56 Å². The number of rotatable bonds is 9. The predicted octanol–water partition coefficient (Wildman–Crippen LogP) is 6.31. The average molecular weight is 765 g/mol. The maximum absolute atomic E-state index is 14.0. The molecule has 0 amide bonds. The second kappa shape index (κ2) is 13.8. The van der Waals surface area contributed by atoms with E-state index in [1.54, 1.807) is 58.4 Å². The molecule has 0 unspecified atom stereocenters. The largest absolute Gasteiger partial charge is 0.496 e. The summed E-state index contributed by atoms with van der Waals surface area (Å²) in [6.07, 6.45) is 1.77. The third-order valence-electron chi connectivity index (χ3n) is 6.89. The lowest BCUT2D eigenvalue weighted by molar-refractivity contribution is -0.139. The molecular weight excluding hydrogens is 738 g/mol. The van der Waals surface area contributed by atoms with Gasteiger partial charge in [0, 0.05) is 21.2 Å². The number of thiazole rings is 1. The Labute approximate surface area is 281 Å². The van der Waals surface area contributed by atoms with Crippen molar-refractivity contribution >= 4 is 69.2 Å². The van der Waals surface area contributed by atoms with E-state index >= 15 is 0 Å². The van der Waals surface area contributed by atoms with Crippen LogP contribution in [0, 0.1) is 3.57 Å². The number of esters is 1. The molecule has 44 heavy (non-hydrogen) atoms. The molecule has 2 heterocycles. The SMILES string of the molecule is CCOC(=O)C1=C(C)N=c2s/c(=C/c3cc(I)c(OCc4ccc(Cl)cc4Cl)c(OC)c3)c(=O)n2[C@H]1c1ccccc1OC. The number of ether oxygens (including phenoxy) is 4. The van der Waals surface area contributed by atoms with Crippen molar-refractivity contribution in [2.45, 2.75) is 26.5 Å². The van der Waals surface area contributed by atoms with E-state index in [0.717, 1.165) is 14.7 Å².